The monoisotopic (exact) mass is 196 g/mol. The van der Waals surface area contributed by atoms with Gasteiger partial charge >= 0.3 is 0 Å². The molecule has 2 aliphatic rings. The zero-order valence-corrected chi connectivity index (χ0v) is 9.47. The van der Waals surface area contributed by atoms with Crippen LogP contribution in [0.15, 0.2) is 0 Å². The van der Waals surface area contributed by atoms with Gasteiger partial charge in [0.25, 0.3) is 0 Å². The van der Waals surface area contributed by atoms with Gasteiger partial charge in [0.05, 0.1) is 0 Å². The second-order valence-electron chi connectivity index (χ2n) is 5.17. The van der Waals surface area contributed by atoms with Crippen LogP contribution in [-0.4, -0.2) is 37.6 Å². The fourth-order valence-corrected chi connectivity index (χ4v) is 2.15. The van der Waals surface area contributed by atoms with Crippen LogP contribution >= 0.6 is 0 Å². The molecule has 0 aromatic heterocycles. The highest BCUT2D eigenvalue weighted by Gasteiger charge is 2.20. The Morgan fingerprint density at radius 1 is 1.14 bits per heavy atom. The van der Waals surface area contributed by atoms with Crippen LogP contribution in [-0.2, 0) is 0 Å². The van der Waals surface area contributed by atoms with E-state index in [1.807, 2.05) is 0 Å². The summed E-state index contributed by atoms with van der Waals surface area (Å²) in [5.74, 6) is 1.99. The summed E-state index contributed by atoms with van der Waals surface area (Å²) in [7, 11) is 0. The number of nitrogens with one attached hydrogen (secondary N) is 1. The van der Waals surface area contributed by atoms with E-state index in [2.05, 4.69) is 17.1 Å². The Morgan fingerprint density at radius 3 is 2.50 bits per heavy atom. The quantitative estimate of drug-likeness (QED) is 0.674. The van der Waals surface area contributed by atoms with Gasteiger partial charge in [0.2, 0.25) is 0 Å². The number of hydrogen-bond acceptors (Lipinski definition) is 2. The van der Waals surface area contributed by atoms with Gasteiger partial charge in [0, 0.05) is 13.1 Å². The van der Waals surface area contributed by atoms with Crippen LogP contribution in [0.3, 0.4) is 0 Å². The summed E-state index contributed by atoms with van der Waals surface area (Å²) in [6, 6.07) is 0. The third-order valence-electron chi connectivity index (χ3n) is 3.61. The normalized spacial score (nSPS) is 25.5. The van der Waals surface area contributed by atoms with Crippen LogP contribution in [0.5, 0.6) is 0 Å². The molecule has 1 aliphatic heterocycles. The van der Waals surface area contributed by atoms with Gasteiger partial charge in [-0.05, 0) is 57.2 Å². The highest BCUT2D eigenvalue weighted by atomic mass is 15.1. The van der Waals surface area contributed by atoms with Crippen molar-refractivity contribution in [2.24, 2.45) is 11.8 Å². The van der Waals surface area contributed by atoms with E-state index in [1.165, 1.54) is 58.4 Å². The number of rotatable bonds is 5. The molecule has 0 atom stereocenters. The molecule has 0 aromatic rings. The predicted molar refractivity (Wildman–Crippen MR) is 60.4 cm³/mol. The van der Waals surface area contributed by atoms with E-state index >= 15 is 0 Å². The fraction of sp³-hybridized carbons (Fsp3) is 1.00. The molecule has 1 aliphatic carbocycles. The lowest BCUT2D eigenvalue weighted by atomic mass is 9.99. The van der Waals surface area contributed by atoms with E-state index in [0.29, 0.717) is 0 Å². The van der Waals surface area contributed by atoms with Crippen molar-refractivity contribution >= 4 is 0 Å². The average Bonchev–Trinajstić information content (AvgIpc) is 2.99. The van der Waals surface area contributed by atoms with Crippen molar-refractivity contribution in [3.63, 3.8) is 0 Å². The molecular weight excluding hydrogens is 172 g/mol. The predicted octanol–water partition coefficient (Wildman–Crippen LogP) is 1.72. The standard InChI is InChI=1S/C12H24N2/c1-11-4-7-14(8-5-11)9-6-13-10-12-2-3-12/h11-13H,2-10H2,1H3. The van der Waals surface area contributed by atoms with E-state index < -0.39 is 0 Å². The van der Waals surface area contributed by atoms with Gasteiger partial charge in [-0.2, -0.15) is 0 Å². The second-order valence-corrected chi connectivity index (χ2v) is 5.17. The largest absolute Gasteiger partial charge is 0.315 e. The molecule has 0 amide bonds. The lowest BCUT2D eigenvalue weighted by Gasteiger charge is -2.30. The highest BCUT2D eigenvalue weighted by molar-refractivity contribution is 4.76. The molecule has 0 radical (unpaired) electrons. The molecule has 2 nitrogen and oxygen atoms in total. The molecule has 0 unspecified atom stereocenters. The number of likely N-dealkylation sites (tertiary alicyclic amines) is 1. The van der Waals surface area contributed by atoms with E-state index in [-0.39, 0.29) is 0 Å². The Hall–Kier alpha value is -0.0800. The van der Waals surface area contributed by atoms with Crippen LogP contribution in [0.1, 0.15) is 32.6 Å². The molecule has 1 heterocycles. The minimum Gasteiger partial charge on any atom is -0.315 e. The molecular formula is C12H24N2. The van der Waals surface area contributed by atoms with Crippen LogP contribution in [0.4, 0.5) is 0 Å². The number of piperidine rings is 1. The van der Waals surface area contributed by atoms with Crippen molar-refractivity contribution in [1.29, 1.82) is 0 Å². The maximum atomic E-state index is 3.56. The number of nitrogens with zero attached hydrogens (tertiary/aromatic N) is 1. The summed E-state index contributed by atoms with van der Waals surface area (Å²) in [4.78, 5) is 2.61. The number of hydrogen-bond donors (Lipinski definition) is 1. The lowest BCUT2D eigenvalue weighted by molar-refractivity contribution is 0.193. The fourth-order valence-electron chi connectivity index (χ4n) is 2.15. The first-order valence-electron chi connectivity index (χ1n) is 6.27. The third kappa shape index (κ3) is 3.58. The van der Waals surface area contributed by atoms with Crippen molar-refractivity contribution in [1.82, 2.24) is 10.2 Å². The summed E-state index contributed by atoms with van der Waals surface area (Å²) in [6.45, 7) is 8.76. The van der Waals surface area contributed by atoms with Crippen LogP contribution in [0.25, 0.3) is 0 Å². The Balaban J connectivity index is 1.47. The topological polar surface area (TPSA) is 15.3 Å². The van der Waals surface area contributed by atoms with Crippen molar-refractivity contribution in [3.05, 3.63) is 0 Å². The molecule has 2 fully saturated rings. The average molecular weight is 196 g/mol. The molecule has 1 saturated heterocycles. The van der Waals surface area contributed by atoms with Gasteiger partial charge in [0.15, 0.2) is 0 Å². The van der Waals surface area contributed by atoms with Gasteiger partial charge in [-0.25, -0.2) is 0 Å². The summed E-state index contributed by atoms with van der Waals surface area (Å²) >= 11 is 0. The van der Waals surface area contributed by atoms with E-state index in [4.69, 9.17) is 0 Å². The van der Waals surface area contributed by atoms with E-state index in [0.717, 1.165) is 11.8 Å². The lowest BCUT2D eigenvalue weighted by Crippen LogP contribution is -2.38. The van der Waals surface area contributed by atoms with Gasteiger partial charge in [-0.15, -0.1) is 0 Å². The summed E-state index contributed by atoms with van der Waals surface area (Å²) in [5.41, 5.74) is 0. The molecule has 1 N–H and O–H groups in total. The second kappa shape index (κ2) is 5.13. The van der Waals surface area contributed by atoms with Crippen molar-refractivity contribution in [2.75, 3.05) is 32.7 Å². The zero-order valence-electron chi connectivity index (χ0n) is 9.47. The molecule has 2 rings (SSSR count). The van der Waals surface area contributed by atoms with Crippen LogP contribution in [0, 0.1) is 11.8 Å². The highest BCUT2D eigenvalue weighted by Crippen LogP contribution is 2.27. The first-order chi connectivity index (χ1) is 6.84. The summed E-state index contributed by atoms with van der Waals surface area (Å²) in [5, 5.41) is 3.56. The Morgan fingerprint density at radius 2 is 1.86 bits per heavy atom. The molecule has 0 spiro atoms. The van der Waals surface area contributed by atoms with Crippen molar-refractivity contribution in [3.8, 4) is 0 Å². The van der Waals surface area contributed by atoms with Crippen LogP contribution in [0.2, 0.25) is 0 Å². The molecule has 1 saturated carbocycles. The van der Waals surface area contributed by atoms with Gasteiger partial charge in [-0.1, -0.05) is 6.92 Å². The molecule has 2 heteroatoms. The van der Waals surface area contributed by atoms with Gasteiger partial charge in [-0.3, -0.25) is 0 Å². The molecule has 0 aromatic carbocycles. The smallest absolute Gasteiger partial charge is 0.0107 e. The first-order valence-corrected chi connectivity index (χ1v) is 6.27. The van der Waals surface area contributed by atoms with E-state index in [1.54, 1.807) is 0 Å². The van der Waals surface area contributed by atoms with Gasteiger partial charge < -0.3 is 10.2 Å². The van der Waals surface area contributed by atoms with E-state index in [9.17, 15) is 0 Å². The Kier molecular flexibility index (Phi) is 3.82. The minimum atomic E-state index is 0.964. The van der Waals surface area contributed by atoms with Crippen molar-refractivity contribution < 1.29 is 0 Å². The van der Waals surface area contributed by atoms with Crippen molar-refractivity contribution in [2.45, 2.75) is 32.6 Å². The van der Waals surface area contributed by atoms with Gasteiger partial charge in [0.1, 0.15) is 0 Å². The molecule has 0 bridgehead atoms. The maximum absolute atomic E-state index is 3.56. The molecule has 82 valence electrons. The summed E-state index contributed by atoms with van der Waals surface area (Å²) < 4.78 is 0. The third-order valence-corrected chi connectivity index (χ3v) is 3.61. The first kappa shape index (κ1) is 10.4. The maximum Gasteiger partial charge on any atom is 0.0107 e. The Labute approximate surface area is 88.1 Å². The molecule has 14 heavy (non-hydrogen) atoms. The minimum absolute atomic E-state index is 0.964. The zero-order chi connectivity index (χ0) is 9.80. The summed E-state index contributed by atoms with van der Waals surface area (Å²) in [6.07, 6.45) is 5.74. The Bertz CT molecular complexity index is 158. The SMILES string of the molecule is CC1CCN(CCNCC2CC2)CC1. The van der Waals surface area contributed by atoms with Crippen LogP contribution < -0.4 is 5.32 Å².